The van der Waals surface area contributed by atoms with Crippen molar-refractivity contribution in [1.82, 2.24) is 5.32 Å². The Balaban J connectivity index is 3.41. The Kier molecular flexibility index (Phi) is 4.67. The summed E-state index contributed by atoms with van der Waals surface area (Å²) in [7, 11) is 1.77. The third-order valence-electron chi connectivity index (χ3n) is 1.39. The van der Waals surface area contributed by atoms with Gasteiger partial charge in [0.05, 0.1) is 6.10 Å². The number of nitrogens with one attached hydrogen (secondary N) is 1. The normalized spacial score (nSPS) is 17.3. The molecule has 0 spiro atoms. The molecule has 0 aliphatic carbocycles. The minimum absolute atomic E-state index is 0.0231. The number of rotatable bonds is 4. The van der Waals surface area contributed by atoms with Crippen molar-refractivity contribution < 1.29 is 10.2 Å². The zero-order valence-electron chi connectivity index (χ0n) is 5.96. The largest absolute Gasteiger partial charge is 0.396 e. The monoisotopic (exact) mass is 133 g/mol. The summed E-state index contributed by atoms with van der Waals surface area (Å²) in [5, 5.41) is 20.3. The average molecular weight is 133 g/mol. The van der Waals surface area contributed by atoms with Crippen LogP contribution in [0.2, 0.25) is 0 Å². The van der Waals surface area contributed by atoms with Gasteiger partial charge in [-0.05, 0) is 20.4 Å². The van der Waals surface area contributed by atoms with Crippen molar-refractivity contribution in [1.29, 1.82) is 0 Å². The molecule has 56 valence electrons. The topological polar surface area (TPSA) is 52.5 Å². The van der Waals surface area contributed by atoms with E-state index in [4.69, 9.17) is 10.2 Å². The number of hydrogen-bond donors (Lipinski definition) is 3. The number of aliphatic hydroxyl groups is 2. The molecule has 0 saturated heterocycles. The Labute approximate surface area is 55.7 Å². The van der Waals surface area contributed by atoms with Gasteiger partial charge in [0.1, 0.15) is 0 Å². The molecule has 0 aliphatic rings. The fourth-order valence-corrected chi connectivity index (χ4v) is 0.766. The van der Waals surface area contributed by atoms with Gasteiger partial charge in [0.15, 0.2) is 0 Å². The maximum atomic E-state index is 8.97. The molecule has 0 aliphatic heterocycles. The Hall–Kier alpha value is -0.120. The van der Waals surface area contributed by atoms with Crippen molar-refractivity contribution in [3.8, 4) is 0 Å². The van der Waals surface area contributed by atoms with Crippen LogP contribution in [0.1, 0.15) is 13.3 Å². The summed E-state index contributed by atoms with van der Waals surface area (Å²) in [5.74, 6) is 0. The Morgan fingerprint density at radius 1 is 1.56 bits per heavy atom. The van der Waals surface area contributed by atoms with Gasteiger partial charge in [0.25, 0.3) is 0 Å². The van der Waals surface area contributed by atoms with E-state index in [9.17, 15) is 0 Å². The van der Waals surface area contributed by atoms with Gasteiger partial charge >= 0.3 is 0 Å². The molecule has 0 bridgehead atoms. The van der Waals surface area contributed by atoms with Crippen molar-refractivity contribution in [2.24, 2.45) is 0 Å². The van der Waals surface area contributed by atoms with Crippen LogP contribution in [0.5, 0.6) is 0 Å². The van der Waals surface area contributed by atoms with E-state index >= 15 is 0 Å². The van der Waals surface area contributed by atoms with Crippen molar-refractivity contribution >= 4 is 0 Å². The van der Waals surface area contributed by atoms with Crippen LogP contribution in [0.4, 0.5) is 0 Å². The van der Waals surface area contributed by atoms with Crippen LogP contribution in [-0.2, 0) is 0 Å². The van der Waals surface area contributed by atoms with Gasteiger partial charge in [-0.3, -0.25) is 0 Å². The molecule has 0 heterocycles. The number of aliphatic hydroxyl groups excluding tert-OH is 2. The zero-order chi connectivity index (χ0) is 7.28. The molecule has 0 saturated carbocycles. The highest BCUT2D eigenvalue weighted by Crippen LogP contribution is 1.95. The molecule has 0 radical (unpaired) electrons. The van der Waals surface area contributed by atoms with Crippen LogP contribution in [0.25, 0.3) is 0 Å². The molecule has 3 nitrogen and oxygen atoms in total. The standard InChI is InChI=1S/C6H15NO2/c1-5(9)6(7-2)3-4-8/h5-9H,3-4H2,1-2H3/t5-,6+/m0/s1. The summed E-state index contributed by atoms with van der Waals surface area (Å²) < 4.78 is 0. The van der Waals surface area contributed by atoms with Gasteiger partial charge in [-0.1, -0.05) is 0 Å². The maximum absolute atomic E-state index is 8.97. The lowest BCUT2D eigenvalue weighted by Crippen LogP contribution is -2.36. The fourth-order valence-electron chi connectivity index (χ4n) is 0.766. The third-order valence-corrected chi connectivity index (χ3v) is 1.39. The minimum Gasteiger partial charge on any atom is -0.396 e. The van der Waals surface area contributed by atoms with E-state index in [1.165, 1.54) is 0 Å². The van der Waals surface area contributed by atoms with Crippen molar-refractivity contribution in [3.05, 3.63) is 0 Å². The van der Waals surface area contributed by atoms with Gasteiger partial charge in [0.2, 0.25) is 0 Å². The predicted octanol–water partition coefficient (Wildman–Crippen LogP) is -0.662. The third kappa shape index (κ3) is 3.46. The van der Waals surface area contributed by atoms with E-state index in [2.05, 4.69) is 5.32 Å². The average Bonchev–Trinajstić information content (AvgIpc) is 1.82. The summed E-state index contributed by atoms with van der Waals surface area (Å²) in [6.45, 7) is 1.83. The van der Waals surface area contributed by atoms with Gasteiger partial charge in [-0.2, -0.15) is 0 Å². The van der Waals surface area contributed by atoms with Crippen LogP contribution in [0, 0.1) is 0 Å². The van der Waals surface area contributed by atoms with E-state index in [0.29, 0.717) is 6.42 Å². The molecule has 0 fully saturated rings. The lowest BCUT2D eigenvalue weighted by atomic mass is 10.1. The highest BCUT2D eigenvalue weighted by molar-refractivity contribution is 4.68. The zero-order valence-corrected chi connectivity index (χ0v) is 5.96. The number of hydrogen-bond acceptors (Lipinski definition) is 3. The molecule has 0 unspecified atom stereocenters. The second kappa shape index (κ2) is 4.73. The first-order valence-electron chi connectivity index (χ1n) is 3.18. The summed E-state index contributed by atoms with van der Waals surface area (Å²) in [5.41, 5.74) is 0. The molecule has 3 heteroatoms. The van der Waals surface area contributed by atoms with E-state index in [0.717, 1.165) is 0 Å². The quantitative estimate of drug-likeness (QED) is 0.477. The Morgan fingerprint density at radius 3 is 2.22 bits per heavy atom. The van der Waals surface area contributed by atoms with Gasteiger partial charge in [0, 0.05) is 12.6 Å². The van der Waals surface area contributed by atoms with Gasteiger partial charge in [-0.15, -0.1) is 0 Å². The Bertz CT molecular complexity index is 66.1. The molecule has 0 aromatic heterocycles. The molecular formula is C6H15NO2. The molecule has 0 aromatic carbocycles. The van der Waals surface area contributed by atoms with Crippen LogP contribution in [-0.4, -0.2) is 36.0 Å². The molecule has 0 aromatic rings. The summed E-state index contributed by atoms with van der Waals surface area (Å²) >= 11 is 0. The van der Waals surface area contributed by atoms with Crippen molar-refractivity contribution in [3.63, 3.8) is 0 Å². The smallest absolute Gasteiger partial charge is 0.0665 e. The summed E-state index contributed by atoms with van der Waals surface area (Å²) in [6, 6.07) is 0.0231. The Morgan fingerprint density at radius 2 is 2.11 bits per heavy atom. The molecule has 3 N–H and O–H groups in total. The molecule has 2 atom stereocenters. The van der Waals surface area contributed by atoms with Crippen molar-refractivity contribution in [2.45, 2.75) is 25.5 Å². The van der Waals surface area contributed by atoms with Gasteiger partial charge < -0.3 is 15.5 Å². The first kappa shape index (κ1) is 8.88. The second-order valence-electron chi connectivity index (χ2n) is 2.15. The van der Waals surface area contributed by atoms with Crippen LogP contribution >= 0.6 is 0 Å². The molecular weight excluding hydrogens is 118 g/mol. The highest BCUT2D eigenvalue weighted by Gasteiger charge is 2.09. The SMILES string of the molecule is CN[C@H](CCO)[C@H](C)O. The van der Waals surface area contributed by atoms with E-state index in [-0.39, 0.29) is 18.8 Å². The highest BCUT2D eigenvalue weighted by atomic mass is 16.3. The molecule has 9 heavy (non-hydrogen) atoms. The van der Waals surface area contributed by atoms with Crippen LogP contribution in [0.3, 0.4) is 0 Å². The first-order chi connectivity index (χ1) is 4.22. The lowest BCUT2D eigenvalue weighted by Gasteiger charge is -2.17. The van der Waals surface area contributed by atoms with E-state index in [1.54, 1.807) is 14.0 Å². The van der Waals surface area contributed by atoms with Gasteiger partial charge in [-0.25, -0.2) is 0 Å². The predicted molar refractivity (Wildman–Crippen MR) is 36.2 cm³/mol. The molecule has 0 rings (SSSR count). The summed E-state index contributed by atoms with van der Waals surface area (Å²) in [4.78, 5) is 0. The number of likely N-dealkylation sites (N-methyl/N-ethyl adjacent to an activating group) is 1. The molecule has 0 amide bonds. The maximum Gasteiger partial charge on any atom is 0.0665 e. The second-order valence-corrected chi connectivity index (χ2v) is 2.15. The van der Waals surface area contributed by atoms with E-state index < -0.39 is 0 Å². The fraction of sp³-hybridized carbons (Fsp3) is 1.00. The van der Waals surface area contributed by atoms with Crippen LogP contribution < -0.4 is 5.32 Å². The lowest BCUT2D eigenvalue weighted by molar-refractivity contribution is 0.130. The van der Waals surface area contributed by atoms with E-state index in [1.807, 2.05) is 0 Å². The van der Waals surface area contributed by atoms with Crippen LogP contribution in [0.15, 0.2) is 0 Å². The summed E-state index contributed by atoms with van der Waals surface area (Å²) in [6.07, 6.45) is 0.218. The first-order valence-corrected chi connectivity index (χ1v) is 3.18. The minimum atomic E-state index is -0.387. The van der Waals surface area contributed by atoms with Crippen molar-refractivity contribution in [2.75, 3.05) is 13.7 Å².